The molecule has 16 rings (SSSR count). The minimum Gasteiger partial charge on any atom is -0.345 e. The third-order valence-electron chi connectivity index (χ3n) is 18.4. The van der Waals surface area contributed by atoms with Crippen molar-refractivity contribution in [3.05, 3.63) is 400 Å². The molecular formula is C95H75N3. The molecule has 3 nitrogen and oxygen atoms in total. The maximum Gasteiger partial charge on any atom is 0.0487 e. The Morgan fingerprint density at radius 1 is 0.143 bits per heavy atom. The Labute approximate surface area is 577 Å². The van der Waals surface area contributed by atoms with Crippen LogP contribution in [0.5, 0.6) is 0 Å². The third-order valence-corrected chi connectivity index (χ3v) is 18.4. The van der Waals surface area contributed by atoms with Gasteiger partial charge in [-0.2, -0.15) is 0 Å². The standard InChI is InChI=1S/C37H29N.2C29H23N/c1-38(36-24-32(28-14-6-2-7-15-28)22-33(25-36)29-16-8-3-9-17-29)37-26-34(30-18-10-4-11-19-30)23-35(27-37)31-20-12-5-13-21-31;1-30(29-13-7-11-26-10-5-6-12-28(26)29)27-20-18-25(19-21-27)24-16-14-23(15-17-24)22-8-3-2-4-9-22;1-30(29-20-17-23-9-5-6-10-27(23)21-29)28-18-15-26(16-19-28)25-13-11-24(12-14-25)22-7-3-2-4-8-22/h2-27H,1H3;2*2-21H,1H3. The van der Waals surface area contributed by atoms with Crippen LogP contribution in [0.2, 0.25) is 0 Å². The molecule has 0 fully saturated rings. The summed E-state index contributed by atoms with van der Waals surface area (Å²) in [4.78, 5) is 6.79. The molecule has 0 saturated carbocycles. The lowest BCUT2D eigenvalue weighted by atomic mass is 9.96. The van der Waals surface area contributed by atoms with Gasteiger partial charge in [0.2, 0.25) is 0 Å². The monoisotopic (exact) mass is 1260 g/mol. The predicted octanol–water partition coefficient (Wildman–Crippen LogP) is 26.0. The number of nitrogens with zero attached hydrogens (tertiary/aromatic N) is 3. The van der Waals surface area contributed by atoms with Crippen molar-refractivity contribution in [1.82, 2.24) is 0 Å². The van der Waals surface area contributed by atoms with E-state index in [-0.39, 0.29) is 0 Å². The van der Waals surface area contributed by atoms with E-state index in [1.165, 1.54) is 133 Å². The van der Waals surface area contributed by atoms with Crippen LogP contribution in [0.1, 0.15) is 0 Å². The molecule has 0 atom stereocenters. The Kier molecular flexibility index (Phi) is 19.1. The Hall–Kier alpha value is -12.6. The van der Waals surface area contributed by atoms with Gasteiger partial charge in [0.15, 0.2) is 0 Å². The average molecular weight is 1260 g/mol. The molecule has 0 bridgehead atoms. The van der Waals surface area contributed by atoms with Crippen LogP contribution in [0.15, 0.2) is 400 Å². The fourth-order valence-corrected chi connectivity index (χ4v) is 12.8. The number of fused-ring (bicyclic) bond motifs is 2. The molecule has 470 valence electrons. The summed E-state index contributed by atoms with van der Waals surface area (Å²) < 4.78 is 0. The lowest BCUT2D eigenvalue weighted by molar-refractivity contribution is 1.21. The molecule has 0 aliphatic heterocycles. The first-order valence-corrected chi connectivity index (χ1v) is 33.5. The van der Waals surface area contributed by atoms with Gasteiger partial charge in [-0.05, 0) is 184 Å². The van der Waals surface area contributed by atoms with Crippen LogP contribution >= 0.6 is 0 Å². The highest BCUT2D eigenvalue weighted by molar-refractivity contribution is 5.96. The molecule has 0 radical (unpaired) electrons. The van der Waals surface area contributed by atoms with Gasteiger partial charge in [-0.1, -0.05) is 322 Å². The summed E-state index contributed by atoms with van der Waals surface area (Å²) in [5.41, 5.74) is 26.6. The van der Waals surface area contributed by atoms with Gasteiger partial charge in [-0.15, -0.1) is 0 Å². The molecular weight excluding hydrogens is 1180 g/mol. The Morgan fingerprint density at radius 3 is 0.765 bits per heavy atom. The first-order chi connectivity index (χ1) is 48.3. The van der Waals surface area contributed by atoms with Crippen LogP contribution in [0.4, 0.5) is 34.1 Å². The van der Waals surface area contributed by atoms with Crippen LogP contribution < -0.4 is 14.7 Å². The van der Waals surface area contributed by atoms with E-state index < -0.39 is 0 Å². The van der Waals surface area contributed by atoms with E-state index in [1.54, 1.807) is 0 Å². The topological polar surface area (TPSA) is 9.72 Å². The minimum absolute atomic E-state index is 1.15. The van der Waals surface area contributed by atoms with E-state index in [9.17, 15) is 0 Å². The number of hydrogen-bond donors (Lipinski definition) is 0. The summed E-state index contributed by atoms with van der Waals surface area (Å²) >= 11 is 0. The zero-order valence-corrected chi connectivity index (χ0v) is 55.4. The zero-order chi connectivity index (χ0) is 66.4. The summed E-state index contributed by atoms with van der Waals surface area (Å²) in [6.45, 7) is 0. The van der Waals surface area contributed by atoms with Gasteiger partial charge in [0.25, 0.3) is 0 Å². The Bertz CT molecular complexity index is 4980. The molecule has 0 unspecified atom stereocenters. The SMILES string of the molecule is CN(c1cc(-c2ccccc2)cc(-c2ccccc2)c1)c1cc(-c2ccccc2)cc(-c2ccccc2)c1.CN(c1ccc(-c2ccc(-c3ccccc3)cc2)cc1)c1ccc2ccccc2c1.CN(c1ccc(-c2ccc(-c3ccccc3)cc2)cc1)c1cccc2ccccc12. The van der Waals surface area contributed by atoms with Crippen molar-refractivity contribution in [3.8, 4) is 89.0 Å². The highest BCUT2D eigenvalue weighted by Crippen LogP contribution is 2.40. The lowest BCUT2D eigenvalue weighted by Crippen LogP contribution is -2.10. The highest BCUT2D eigenvalue weighted by Gasteiger charge is 2.15. The Morgan fingerprint density at radius 2 is 0.398 bits per heavy atom. The van der Waals surface area contributed by atoms with E-state index >= 15 is 0 Å². The summed E-state index contributed by atoms with van der Waals surface area (Å²) in [5.74, 6) is 0. The normalized spacial score (nSPS) is 10.8. The predicted molar refractivity (Wildman–Crippen MR) is 421 cm³/mol. The second kappa shape index (κ2) is 29.8. The molecule has 0 saturated heterocycles. The average Bonchev–Trinajstić information content (AvgIpc) is 0.815. The molecule has 16 aromatic rings. The first kappa shape index (κ1) is 62.9. The maximum atomic E-state index is 2.30. The number of rotatable bonds is 14. The van der Waals surface area contributed by atoms with Crippen molar-refractivity contribution in [3.63, 3.8) is 0 Å². The van der Waals surface area contributed by atoms with Gasteiger partial charge >= 0.3 is 0 Å². The second-order valence-corrected chi connectivity index (χ2v) is 24.7. The van der Waals surface area contributed by atoms with Crippen molar-refractivity contribution in [2.24, 2.45) is 0 Å². The smallest absolute Gasteiger partial charge is 0.0487 e. The molecule has 0 aliphatic carbocycles. The van der Waals surface area contributed by atoms with Gasteiger partial charge in [0.05, 0.1) is 0 Å². The van der Waals surface area contributed by atoms with E-state index in [0.717, 1.165) is 11.4 Å². The molecule has 0 amide bonds. The van der Waals surface area contributed by atoms with E-state index in [1.807, 2.05) is 6.07 Å². The Balaban J connectivity index is 0.000000127. The maximum absolute atomic E-state index is 2.30. The number of anilines is 6. The highest BCUT2D eigenvalue weighted by atomic mass is 15.1. The summed E-state index contributed by atoms with van der Waals surface area (Å²) in [6, 6.07) is 142. The quantitative estimate of drug-likeness (QED) is 0.107. The molecule has 98 heavy (non-hydrogen) atoms. The van der Waals surface area contributed by atoms with Gasteiger partial charge in [-0.3, -0.25) is 0 Å². The van der Waals surface area contributed by atoms with Crippen LogP contribution in [0.3, 0.4) is 0 Å². The number of benzene rings is 16. The van der Waals surface area contributed by atoms with Crippen LogP contribution in [0.25, 0.3) is 111 Å². The fraction of sp³-hybridized carbons (Fsp3) is 0.0316. The van der Waals surface area contributed by atoms with E-state index in [0.29, 0.717) is 0 Å². The second-order valence-electron chi connectivity index (χ2n) is 24.7. The summed E-state index contributed by atoms with van der Waals surface area (Å²) in [6.07, 6.45) is 0. The van der Waals surface area contributed by atoms with E-state index in [2.05, 4.69) is 430 Å². The van der Waals surface area contributed by atoms with Crippen molar-refractivity contribution < 1.29 is 0 Å². The van der Waals surface area contributed by atoms with Crippen molar-refractivity contribution in [2.45, 2.75) is 0 Å². The summed E-state index contributed by atoms with van der Waals surface area (Å²) in [7, 11) is 6.41. The van der Waals surface area contributed by atoms with Gasteiger partial charge < -0.3 is 14.7 Å². The molecule has 0 heterocycles. The minimum atomic E-state index is 1.15. The fourth-order valence-electron chi connectivity index (χ4n) is 12.8. The van der Waals surface area contributed by atoms with Crippen LogP contribution in [0, 0.1) is 0 Å². The molecule has 0 aliphatic rings. The van der Waals surface area contributed by atoms with Crippen molar-refractivity contribution in [1.29, 1.82) is 0 Å². The zero-order valence-electron chi connectivity index (χ0n) is 55.4. The van der Waals surface area contributed by atoms with Gasteiger partial charge in [0.1, 0.15) is 0 Å². The molecule has 0 spiro atoms. The molecule has 16 aromatic carbocycles. The van der Waals surface area contributed by atoms with Crippen LogP contribution in [-0.4, -0.2) is 21.1 Å². The largest absolute Gasteiger partial charge is 0.345 e. The third kappa shape index (κ3) is 14.7. The van der Waals surface area contributed by atoms with E-state index in [4.69, 9.17) is 0 Å². The van der Waals surface area contributed by atoms with Crippen LogP contribution in [-0.2, 0) is 0 Å². The van der Waals surface area contributed by atoms with Gasteiger partial charge in [0, 0.05) is 60.7 Å². The van der Waals surface area contributed by atoms with Crippen molar-refractivity contribution >= 4 is 55.7 Å². The summed E-state index contributed by atoms with van der Waals surface area (Å²) in [5, 5.41) is 5.06. The molecule has 0 aromatic heterocycles. The lowest BCUT2D eigenvalue weighted by Gasteiger charge is -2.24. The first-order valence-electron chi connectivity index (χ1n) is 33.5. The van der Waals surface area contributed by atoms with Gasteiger partial charge in [-0.25, -0.2) is 0 Å². The number of hydrogen-bond acceptors (Lipinski definition) is 3. The molecule has 0 N–H and O–H groups in total. The van der Waals surface area contributed by atoms with Crippen molar-refractivity contribution in [2.75, 3.05) is 35.8 Å². The molecule has 3 heteroatoms.